The van der Waals surface area contributed by atoms with E-state index in [1.807, 2.05) is 19.1 Å². The lowest BCUT2D eigenvalue weighted by molar-refractivity contribution is 0.262. The zero-order valence-electron chi connectivity index (χ0n) is 16.2. The van der Waals surface area contributed by atoms with E-state index in [1.165, 1.54) is 4.31 Å². The van der Waals surface area contributed by atoms with E-state index in [-0.39, 0.29) is 4.90 Å². The molecular formula is C22H20ClN3O3S. The molecule has 2 N–H and O–H groups in total. The number of aryl methyl sites for hydroxylation is 1. The van der Waals surface area contributed by atoms with Gasteiger partial charge in [-0.2, -0.15) is 0 Å². The van der Waals surface area contributed by atoms with Gasteiger partial charge < -0.3 is 10.6 Å². The first kappa shape index (κ1) is 20.3. The van der Waals surface area contributed by atoms with Crippen molar-refractivity contribution in [1.29, 1.82) is 0 Å². The summed E-state index contributed by atoms with van der Waals surface area (Å²) in [6, 6.07) is 18.4. The van der Waals surface area contributed by atoms with Crippen LogP contribution in [-0.2, 0) is 16.4 Å². The maximum Gasteiger partial charge on any atom is 0.323 e. The molecule has 6 nitrogen and oxygen atoms in total. The van der Waals surface area contributed by atoms with Gasteiger partial charge in [0.05, 0.1) is 10.6 Å². The summed E-state index contributed by atoms with van der Waals surface area (Å²) in [5, 5.41) is 6.06. The molecule has 0 radical (unpaired) electrons. The van der Waals surface area contributed by atoms with Crippen molar-refractivity contribution in [2.75, 3.05) is 21.5 Å². The van der Waals surface area contributed by atoms with Crippen LogP contribution in [0.2, 0.25) is 5.02 Å². The fourth-order valence-corrected chi connectivity index (χ4v) is 5.10. The summed E-state index contributed by atoms with van der Waals surface area (Å²) in [6.45, 7) is 2.23. The summed E-state index contributed by atoms with van der Waals surface area (Å²) >= 11 is 6.00. The summed E-state index contributed by atoms with van der Waals surface area (Å²) in [4.78, 5) is 12.7. The van der Waals surface area contributed by atoms with Crippen molar-refractivity contribution in [3.63, 3.8) is 0 Å². The van der Waals surface area contributed by atoms with Gasteiger partial charge >= 0.3 is 6.03 Å². The maximum atomic E-state index is 13.1. The second kappa shape index (κ2) is 8.01. The van der Waals surface area contributed by atoms with Crippen LogP contribution in [0.4, 0.5) is 21.9 Å². The number of rotatable bonds is 4. The highest BCUT2D eigenvalue weighted by Gasteiger charge is 2.31. The predicted molar refractivity (Wildman–Crippen MR) is 120 cm³/mol. The van der Waals surface area contributed by atoms with Crippen molar-refractivity contribution in [2.24, 2.45) is 0 Å². The van der Waals surface area contributed by atoms with Gasteiger partial charge in [0, 0.05) is 22.9 Å². The quantitative estimate of drug-likeness (QED) is 0.595. The van der Waals surface area contributed by atoms with Crippen LogP contribution in [0, 0.1) is 6.92 Å². The Labute approximate surface area is 180 Å². The molecule has 0 bridgehead atoms. The smallest absolute Gasteiger partial charge is 0.308 e. The number of amides is 2. The number of hydrogen-bond donors (Lipinski definition) is 2. The van der Waals surface area contributed by atoms with Gasteiger partial charge in [0.1, 0.15) is 0 Å². The lowest BCUT2D eigenvalue weighted by atomic mass is 10.1. The SMILES string of the molecule is Cc1ccc(Cl)cc1NC(=O)Nc1ccc2c(c1)N(S(=O)(=O)c1ccccc1)CC2. The Morgan fingerprint density at radius 2 is 1.77 bits per heavy atom. The van der Waals surface area contributed by atoms with Crippen molar-refractivity contribution in [1.82, 2.24) is 0 Å². The highest BCUT2D eigenvalue weighted by Crippen LogP contribution is 2.35. The molecule has 1 heterocycles. The summed E-state index contributed by atoms with van der Waals surface area (Å²) < 4.78 is 27.5. The fraction of sp³-hybridized carbons (Fsp3) is 0.136. The highest BCUT2D eigenvalue weighted by atomic mass is 35.5. The molecule has 8 heteroatoms. The van der Waals surface area contributed by atoms with E-state index < -0.39 is 16.1 Å². The van der Waals surface area contributed by atoms with E-state index in [0.717, 1.165) is 11.1 Å². The number of carbonyl (C=O) groups excluding carboxylic acids is 1. The lowest BCUT2D eigenvalue weighted by Crippen LogP contribution is -2.29. The van der Waals surface area contributed by atoms with Crippen molar-refractivity contribution >= 4 is 44.7 Å². The molecule has 0 saturated carbocycles. The Hall–Kier alpha value is -3.03. The molecule has 0 saturated heterocycles. The average molecular weight is 442 g/mol. The number of hydrogen-bond acceptors (Lipinski definition) is 3. The van der Waals surface area contributed by atoms with Crippen molar-refractivity contribution in [3.8, 4) is 0 Å². The summed E-state index contributed by atoms with van der Waals surface area (Å²) in [5.74, 6) is 0. The number of sulfonamides is 1. The van der Waals surface area contributed by atoms with Crippen LogP contribution in [0.5, 0.6) is 0 Å². The van der Waals surface area contributed by atoms with Gasteiger partial charge in [-0.3, -0.25) is 4.31 Å². The van der Waals surface area contributed by atoms with E-state index in [1.54, 1.807) is 54.6 Å². The Kier molecular flexibility index (Phi) is 5.40. The lowest BCUT2D eigenvalue weighted by Gasteiger charge is -2.20. The number of nitrogens with one attached hydrogen (secondary N) is 2. The van der Waals surface area contributed by atoms with Crippen LogP contribution in [0.3, 0.4) is 0 Å². The van der Waals surface area contributed by atoms with Crippen LogP contribution in [0.25, 0.3) is 0 Å². The average Bonchev–Trinajstić information content (AvgIpc) is 3.15. The van der Waals surface area contributed by atoms with Gasteiger partial charge in [0.25, 0.3) is 10.0 Å². The molecule has 1 aliphatic rings. The largest absolute Gasteiger partial charge is 0.323 e. The molecular weight excluding hydrogens is 422 g/mol. The van der Waals surface area contributed by atoms with Gasteiger partial charge in [-0.15, -0.1) is 0 Å². The molecule has 0 spiro atoms. The van der Waals surface area contributed by atoms with E-state index in [0.29, 0.717) is 35.1 Å². The van der Waals surface area contributed by atoms with Gasteiger partial charge in [-0.1, -0.05) is 41.9 Å². The normalized spacial score (nSPS) is 13.1. The summed E-state index contributed by atoms with van der Waals surface area (Å²) in [6.07, 6.45) is 0.621. The van der Waals surface area contributed by atoms with Crippen LogP contribution < -0.4 is 14.9 Å². The van der Waals surface area contributed by atoms with Crippen LogP contribution in [0.15, 0.2) is 71.6 Å². The minimum atomic E-state index is -3.67. The van der Waals surface area contributed by atoms with E-state index in [9.17, 15) is 13.2 Å². The third-order valence-corrected chi connectivity index (χ3v) is 7.04. The summed E-state index contributed by atoms with van der Waals surface area (Å²) in [7, 11) is -3.67. The van der Waals surface area contributed by atoms with Crippen LogP contribution in [-0.4, -0.2) is 21.0 Å². The maximum absolute atomic E-state index is 13.1. The second-order valence-corrected chi connectivity index (χ2v) is 9.32. The van der Waals surface area contributed by atoms with E-state index >= 15 is 0 Å². The molecule has 0 aromatic heterocycles. The molecule has 0 fully saturated rings. The topological polar surface area (TPSA) is 78.5 Å². The molecule has 0 atom stereocenters. The number of nitrogens with zero attached hydrogens (tertiary/aromatic N) is 1. The number of benzene rings is 3. The van der Waals surface area contributed by atoms with E-state index in [4.69, 9.17) is 11.6 Å². The van der Waals surface area contributed by atoms with Gasteiger partial charge in [-0.05, 0) is 60.9 Å². The number of anilines is 3. The Bertz CT molecular complexity index is 1210. The number of urea groups is 1. The first-order valence-corrected chi connectivity index (χ1v) is 11.2. The number of carbonyl (C=O) groups is 1. The molecule has 3 aromatic rings. The Morgan fingerprint density at radius 1 is 1.00 bits per heavy atom. The van der Waals surface area contributed by atoms with Crippen LogP contribution >= 0.6 is 11.6 Å². The second-order valence-electron chi connectivity index (χ2n) is 7.02. The van der Waals surface area contributed by atoms with Gasteiger partial charge in [0.2, 0.25) is 0 Å². The van der Waals surface area contributed by atoms with E-state index in [2.05, 4.69) is 10.6 Å². The molecule has 1 aliphatic heterocycles. The van der Waals surface area contributed by atoms with Crippen molar-refractivity contribution < 1.29 is 13.2 Å². The third kappa shape index (κ3) is 3.99. The Morgan fingerprint density at radius 3 is 2.53 bits per heavy atom. The molecule has 4 rings (SSSR count). The summed E-state index contributed by atoms with van der Waals surface area (Å²) in [5.41, 5.74) is 3.49. The first-order chi connectivity index (χ1) is 14.3. The third-order valence-electron chi connectivity index (χ3n) is 4.98. The van der Waals surface area contributed by atoms with Crippen LogP contribution in [0.1, 0.15) is 11.1 Å². The zero-order chi connectivity index (χ0) is 21.3. The minimum Gasteiger partial charge on any atom is -0.308 e. The fourth-order valence-electron chi connectivity index (χ4n) is 3.41. The standard InChI is InChI=1S/C22H20ClN3O3S/c1-15-7-9-17(23)13-20(15)25-22(27)24-18-10-8-16-11-12-26(21(16)14-18)30(28,29)19-5-3-2-4-6-19/h2-10,13-14H,11-12H2,1H3,(H2,24,25,27). The van der Waals surface area contributed by atoms with Gasteiger partial charge in [0.15, 0.2) is 0 Å². The molecule has 154 valence electrons. The molecule has 30 heavy (non-hydrogen) atoms. The first-order valence-electron chi connectivity index (χ1n) is 9.39. The van der Waals surface area contributed by atoms with Gasteiger partial charge in [-0.25, -0.2) is 13.2 Å². The molecule has 0 aliphatic carbocycles. The molecule has 2 amide bonds. The predicted octanol–water partition coefficient (Wildman–Crippen LogP) is 5.04. The minimum absolute atomic E-state index is 0.241. The van der Waals surface area contributed by atoms with Crippen molar-refractivity contribution in [2.45, 2.75) is 18.2 Å². The molecule has 0 unspecified atom stereocenters. The molecule has 3 aromatic carbocycles. The monoisotopic (exact) mass is 441 g/mol. The highest BCUT2D eigenvalue weighted by molar-refractivity contribution is 7.92. The van der Waals surface area contributed by atoms with Crippen molar-refractivity contribution in [3.05, 3.63) is 82.9 Å². The number of halogens is 1. The zero-order valence-corrected chi connectivity index (χ0v) is 17.8. The number of fused-ring (bicyclic) bond motifs is 1. The Balaban J connectivity index is 1.56.